The molecule has 166 valence electrons. The fourth-order valence-electron chi connectivity index (χ4n) is 3.54. The van der Waals surface area contributed by atoms with Crippen molar-refractivity contribution >= 4 is 78.7 Å². The zero-order chi connectivity index (χ0) is 22.8. The Morgan fingerprint density at radius 3 is 1.82 bits per heavy atom. The van der Waals surface area contributed by atoms with Crippen molar-refractivity contribution in [3.05, 3.63) is 95.6 Å². The van der Waals surface area contributed by atoms with Crippen LogP contribution in [0.4, 0.5) is 0 Å². The van der Waals surface area contributed by atoms with Gasteiger partial charge in [-0.2, -0.15) is 0 Å². The summed E-state index contributed by atoms with van der Waals surface area (Å²) in [6, 6.07) is 29.2. The minimum atomic E-state index is -0.213. The largest absolute Gasteiger partial charge is 0.490 e. The van der Waals surface area contributed by atoms with E-state index in [-0.39, 0.29) is 10.9 Å². The van der Waals surface area contributed by atoms with Gasteiger partial charge in [0.1, 0.15) is 35.6 Å². The number of fused-ring (bicyclic) bond motifs is 2. The second-order valence-electron chi connectivity index (χ2n) is 7.17. The third-order valence-corrected chi connectivity index (χ3v) is 9.50. The van der Waals surface area contributed by atoms with Gasteiger partial charge in [0.25, 0.3) is 0 Å². The molecule has 0 spiro atoms. The molecule has 3 nitrogen and oxygen atoms in total. The van der Waals surface area contributed by atoms with Crippen LogP contribution in [0, 0.1) is 10.7 Å². The molecule has 1 aliphatic rings. The molecule has 0 bridgehead atoms. The average molecular weight is 791 g/mol. The van der Waals surface area contributed by atoms with Gasteiger partial charge in [-0.1, -0.05) is 24.3 Å². The van der Waals surface area contributed by atoms with Gasteiger partial charge in [0.05, 0.1) is 7.14 Å². The van der Waals surface area contributed by atoms with E-state index in [9.17, 15) is 0 Å². The molecule has 33 heavy (non-hydrogen) atoms. The zero-order valence-electron chi connectivity index (χ0n) is 17.3. The summed E-state index contributed by atoms with van der Waals surface area (Å²) in [6.07, 6.45) is 0. The predicted octanol–water partition coefficient (Wildman–Crippen LogP) is 8.16. The molecule has 5 rings (SSSR count). The number of hydrogen-bond donors (Lipinski definition) is 0. The molecular formula is C26H18I3O3S+. The third-order valence-electron chi connectivity index (χ3n) is 4.98. The van der Waals surface area contributed by atoms with Crippen LogP contribution in [-0.2, 0) is 10.9 Å². The number of rotatable bonds is 6. The highest BCUT2D eigenvalue weighted by atomic mass is 127. The lowest BCUT2D eigenvalue weighted by Gasteiger charge is -2.19. The number of para-hydroxylation sites is 2. The van der Waals surface area contributed by atoms with Crippen molar-refractivity contribution in [1.82, 2.24) is 0 Å². The predicted molar refractivity (Wildman–Crippen MR) is 157 cm³/mol. The first-order chi connectivity index (χ1) is 16.1. The Labute approximate surface area is 237 Å². The lowest BCUT2D eigenvalue weighted by molar-refractivity contribution is 0.215. The second-order valence-corrected chi connectivity index (χ2v) is 12.7. The van der Waals surface area contributed by atoms with Crippen LogP contribution in [0.2, 0.25) is 0 Å². The van der Waals surface area contributed by atoms with E-state index in [1.54, 1.807) is 0 Å². The molecule has 0 unspecified atom stereocenters. The van der Waals surface area contributed by atoms with Crippen molar-refractivity contribution < 1.29 is 14.2 Å². The van der Waals surface area contributed by atoms with E-state index in [2.05, 4.69) is 116 Å². The first-order valence-electron chi connectivity index (χ1n) is 10.2. The zero-order valence-corrected chi connectivity index (χ0v) is 24.6. The maximum atomic E-state index is 6.14. The molecule has 0 N–H and O–H groups in total. The molecule has 7 heteroatoms. The van der Waals surface area contributed by atoms with Crippen LogP contribution < -0.4 is 14.2 Å². The average Bonchev–Trinajstić information content (AvgIpc) is 2.82. The normalized spacial score (nSPS) is 12.5. The smallest absolute Gasteiger partial charge is 0.209 e. The lowest BCUT2D eigenvalue weighted by atomic mass is 10.3. The van der Waals surface area contributed by atoms with Crippen LogP contribution >= 0.6 is 67.8 Å². The Kier molecular flexibility index (Phi) is 7.57. The van der Waals surface area contributed by atoms with Crippen molar-refractivity contribution in [2.45, 2.75) is 14.7 Å². The molecule has 0 radical (unpaired) electrons. The number of hydrogen-bond acceptors (Lipinski definition) is 3. The summed E-state index contributed by atoms with van der Waals surface area (Å²) < 4.78 is 21.5. The molecule has 0 atom stereocenters. The molecule has 0 amide bonds. The summed E-state index contributed by atoms with van der Waals surface area (Å²) in [4.78, 5) is 3.66. The van der Waals surface area contributed by atoms with Crippen molar-refractivity contribution in [1.29, 1.82) is 0 Å². The molecular weight excluding hydrogens is 773 g/mol. The SMILES string of the molecule is Ic1cc(I)c(OCCOc2ccc([S+]3c4ccccc4Oc4ccccc43)cc2)c(I)c1. The van der Waals surface area contributed by atoms with E-state index >= 15 is 0 Å². The maximum Gasteiger partial charge on any atom is 0.209 e. The van der Waals surface area contributed by atoms with Crippen molar-refractivity contribution in [3.8, 4) is 23.0 Å². The Morgan fingerprint density at radius 1 is 0.667 bits per heavy atom. The maximum absolute atomic E-state index is 6.14. The second kappa shape index (κ2) is 10.6. The van der Waals surface area contributed by atoms with E-state index in [0.29, 0.717) is 13.2 Å². The van der Waals surface area contributed by atoms with E-state index in [4.69, 9.17) is 14.2 Å². The van der Waals surface area contributed by atoms with Gasteiger partial charge in [-0.15, -0.1) is 0 Å². The fourth-order valence-corrected chi connectivity index (χ4v) is 9.64. The van der Waals surface area contributed by atoms with Crippen molar-refractivity contribution in [2.75, 3.05) is 13.2 Å². The van der Waals surface area contributed by atoms with Gasteiger partial charge in [-0.3, -0.25) is 0 Å². The van der Waals surface area contributed by atoms with Crippen LogP contribution in [0.5, 0.6) is 23.0 Å². The monoisotopic (exact) mass is 791 g/mol. The molecule has 1 aliphatic heterocycles. The Morgan fingerprint density at radius 2 is 1.21 bits per heavy atom. The van der Waals surface area contributed by atoms with Crippen LogP contribution in [0.1, 0.15) is 0 Å². The van der Waals surface area contributed by atoms with Gasteiger partial charge < -0.3 is 14.2 Å². The fraction of sp³-hybridized carbons (Fsp3) is 0.0769. The quantitative estimate of drug-likeness (QED) is 0.0988. The van der Waals surface area contributed by atoms with Gasteiger partial charge in [0.2, 0.25) is 9.79 Å². The molecule has 0 saturated carbocycles. The van der Waals surface area contributed by atoms with Crippen molar-refractivity contribution in [3.63, 3.8) is 0 Å². The van der Waals surface area contributed by atoms with E-state index in [0.717, 1.165) is 30.1 Å². The van der Waals surface area contributed by atoms with Crippen LogP contribution in [0.15, 0.2) is 99.6 Å². The molecule has 0 aliphatic carbocycles. The number of ether oxygens (including phenoxy) is 3. The van der Waals surface area contributed by atoms with Gasteiger partial charge in [0.15, 0.2) is 16.4 Å². The lowest BCUT2D eigenvalue weighted by Crippen LogP contribution is -2.12. The van der Waals surface area contributed by atoms with Crippen LogP contribution in [0.25, 0.3) is 0 Å². The van der Waals surface area contributed by atoms with E-state index < -0.39 is 0 Å². The topological polar surface area (TPSA) is 27.7 Å². The Balaban J connectivity index is 1.28. The van der Waals surface area contributed by atoms with Gasteiger partial charge >= 0.3 is 0 Å². The van der Waals surface area contributed by atoms with Crippen LogP contribution in [-0.4, -0.2) is 13.2 Å². The molecule has 0 aromatic heterocycles. The Hall–Kier alpha value is -1.18. The highest BCUT2D eigenvalue weighted by Crippen LogP contribution is 2.46. The summed E-state index contributed by atoms with van der Waals surface area (Å²) in [7, 11) is -0.213. The molecule has 0 fully saturated rings. The number of benzene rings is 4. The van der Waals surface area contributed by atoms with Gasteiger partial charge in [-0.05, 0) is 128 Å². The van der Waals surface area contributed by atoms with E-state index in [1.165, 1.54) is 18.3 Å². The van der Waals surface area contributed by atoms with E-state index in [1.807, 2.05) is 36.4 Å². The standard InChI is InChI=1S/C26H18I3O3S/c27-17-15-20(28)26(21(29)16-17)31-14-13-30-18-9-11-19(12-10-18)33-24-7-3-1-5-22(24)32-23-6-2-4-8-25(23)33/h1-12,15-16H,13-14H2/q+1. The Bertz CT molecular complexity index is 1230. The highest BCUT2D eigenvalue weighted by molar-refractivity contribution is 14.1. The van der Waals surface area contributed by atoms with Gasteiger partial charge in [-0.25, -0.2) is 0 Å². The molecule has 0 saturated heterocycles. The first kappa shape index (κ1) is 23.6. The van der Waals surface area contributed by atoms with Gasteiger partial charge in [0, 0.05) is 3.57 Å². The minimum absolute atomic E-state index is 0.213. The number of halogens is 3. The van der Waals surface area contributed by atoms with Crippen molar-refractivity contribution in [2.24, 2.45) is 0 Å². The molecule has 4 aromatic carbocycles. The third kappa shape index (κ3) is 5.25. The summed E-state index contributed by atoms with van der Waals surface area (Å²) in [5.74, 6) is 3.62. The minimum Gasteiger partial charge on any atom is -0.490 e. The molecule has 1 heterocycles. The van der Waals surface area contributed by atoms with Crippen LogP contribution in [0.3, 0.4) is 0 Å². The summed E-state index contributed by atoms with van der Waals surface area (Å²) in [5.41, 5.74) is 0. The summed E-state index contributed by atoms with van der Waals surface area (Å²) in [5, 5.41) is 0. The highest BCUT2D eigenvalue weighted by Gasteiger charge is 2.38. The summed E-state index contributed by atoms with van der Waals surface area (Å²) >= 11 is 6.96. The molecule has 4 aromatic rings. The first-order valence-corrected chi connectivity index (χ1v) is 14.7. The summed E-state index contributed by atoms with van der Waals surface area (Å²) in [6.45, 7) is 0.986.